The molecule has 0 fully saturated rings. The van der Waals surface area contributed by atoms with E-state index in [0.29, 0.717) is 0 Å². The zero-order valence-corrected chi connectivity index (χ0v) is 19.1. The Balaban J connectivity index is -0.000000564. The van der Waals surface area contributed by atoms with Gasteiger partial charge in [-0.25, -0.2) is 17.6 Å². The third kappa shape index (κ3) is 11.4. The Morgan fingerprint density at radius 1 is 0.553 bits per heavy atom. The van der Waals surface area contributed by atoms with Crippen molar-refractivity contribution in [2.45, 2.75) is 61.6 Å². The second-order valence-electron chi connectivity index (χ2n) is 6.49. The second-order valence-corrected chi connectivity index (χ2v) is 9.39. The van der Waals surface area contributed by atoms with E-state index in [2.05, 4.69) is 0 Å². The van der Waals surface area contributed by atoms with Crippen LogP contribution in [0, 0.1) is 0 Å². The lowest BCUT2D eigenvalue weighted by atomic mass is 10.1. The first-order valence-corrected chi connectivity index (χ1v) is 11.3. The van der Waals surface area contributed by atoms with Crippen molar-refractivity contribution in [3.05, 3.63) is 0 Å². The van der Waals surface area contributed by atoms with Gasteiger partial charge in [0.1, 0.15) is 17.8 Å². The van der Waals surface area contributed by atoms with Crippen molar-refractivity contribution in [3.63, 3.8) is 0 Å². The fourth-order valence-corrected chi connectivity index (χ4v) is 2.68. The largest absolute Gasteiger partial charge is 0.379 e. The molecule has 0 saturated carbocycles. The van der Waals surface area contributed by atoms with E-state index in [9.17, 15) is 87.1 Å². The molecule has 234 valence electrons. The van der Waals surface area contributed by atoms with Gasteiger partial charge >= 0.3 is 48.4 Å². The fraction of sp³-hybridized carbons (Fsp3) is 1.00. The van der Waals surface area contributed by atoms with Crippen LogP contribution in [-0.2, 0) is 20.2 Å². The summed E-state index contributed by atoms with van der Waals surface area (Å²) in [6, 6.07) is 0. The van der Waals surface area contributed by atoms with Crippen molar-refractivity contribution in [2.24, 2.45) is 0 Å². The third-order valence-electron chi connectivity index (χ3n) is 3.03. The topological polar surface area (TPSA) is 149 Å². The van der Waals surface area contributed by atoms with Crippen LogP contribution in [0.2, 0.25) is 0 Å². The van der Waals surface area contributed by atoms with Crippen LogP contribution in [0.5, 0.6) is 0 Å². The highest BCUT2D eigenvalue weighted by atomic mass is 32.2. The standard InChI is InChI=1S/2C5H4F8O3S.C2H6O2/c2*6-2(7)4(10,11)5(12,13)3(8,9)1-17(14,15)16;1-2(3)4/h2*2H,1H2,(H,14,15,16);2-4H,1H3. The molecular formula is C12H14F16O8S2. The van der Waals surface area contributed by atoms with Crippen LogP contribution in [0.1, 0.15) is 6.92 Å². The molecule has 0 spiro atoms. The van der Waals surface area contributed by atoms with Gasteiger partial charge in [0, 0.05) is 0 Å². The van der Waals surface area contributed by atoms with Crippen LogP contribution >= 0.6 is 0 Å². The smallest absolute Gasteiger partial charge is 0.368 e. The van der Waals surface area contributed by atoms with Gasteiger partial charge in [0.25, 0.3) is 20.2 Å². The third-order valence-corrected chi connectivity index (χ3v) is 4.49. The summed E-state index contributed by atoms with van der Waals surface area (Å²) in [6.07, 6.45) is -11.4. The Hall–Kier alpha value is -1.38. The zero-order valence-electron chi connectivity index (χ0n) is 17.4. The molecule has 38 heavy (non-hydrogen) atoms. The summed E-state index contributed by atoms with van der Waals surface area (Å²) in [5.74, 6) is -44.5. The second kappa shape index (κ2) is 12.9. The summed E-state index contributed by atoms with van der Waals surface area (Å²) < 4.78 is 249. The average Bonchev–Trinajstić information content (AvgIpc) is 2.56. The molecule has 0 aromatic rings. The average molecular weight is 654 g/mol. The van der Waals surface area contributed by atoms with Gasteiger partial charge in [0.2, 0.25) is 0 Å². The minimum absolute atomic E-state index is 1.17. The molecule has 0 unspecified atom stereocenters. The molecule has 0 rings (SSSR count). The molecule has 8 nitrogen and oxygen atoms in total. The van der Waals surface area contributed by atoms with Gasteiger partial charge in [-0.1, -0.05) is 0 Å². The first kappa shape index (κ1) is 41.1. The van der Waals surface area contributed by atoms with Crippen molar-refractivity contribution in [1.29, 1.82) is 0 Å². The first-order valence-electron chi connectivity index (χ1n) is 8.13. The fourth-order valence-electron chi connectivity index (χ4n) is 1.40. The SMILES string of the molecule is CC(O)O.O=S(=O)(O)CC(F)(F)C(F)(F)C(F)(F)C(F)F.O=S(=O)(O)CC(F)(F)C(F)(F)C(F)(F)C(F)F. The summed E-state index contributed by atoms with van der Waals surface area (Å²) in [5.41, 5.74) is 0. The van der Waals surface area contributed by atoms with Crippen LogP contribution in [0.25, 0.3) is 0 Å². The van der Waals surface area contributed by atoms with Crippen LogP contribution in [-0.4, -0.2) is 102 Å². The molecule has 0 radical (unpaired) electrons. The molecule has 0 aliphatic carbocycles. The molecule has 0 saturated heterocycles. The van der Waals surface area contributed by atoms with Crippen LogP contribution < -0.4 is 0 Å². The Bertz CT molecular complexity index is 873. The monoisotopic (exact) mass is 654 g/mol. The van der Waals surface area contributed by atoms with E-state index in [1.807, 2.05) is 0 Å². The first-order chi connectivity index (χ1) is 16.0. The summed E-state index contributed by atoms with van der Waals surface area (Å²) in [6.45, 7) is 1.28. The van der Waals surface area contributed by atoms with Crippen LogP contribution in [0.3, 0.4) is 0 Å². The van der Waals surface area contributed by atoms with Gasteiger partial charge in [0.05, 0.1) is 0 Å². The van der Waals surface area contributed by atoms with E-state index in [1.165, 1.54) is 6.92 Å². The van der Waals surface area contributed by atoms with E-state index in [0.717, 1.165) is 0 Å². The lowest BCUT2D eigenvalue weighted by Crippen LogP contribution is -2.59. The molecule has 0 aromatic heterocycles. The molecule has 0 aliphatic heterocycles. The van der Waals surface area contributed by atoms with E-state index < -0.39 is 86.4 Å². The predicted molar refractivity (Wildman–Crippen MR) is 88.4 cm³/mol. The molecule has 4 N–H and O–H groups in total. The summed E-state index contributed by atoms with van der Waals surface area (Å²) in [5, 5.41) is 15.2. The maximum atomic E-state index is 12.5. The minimum atomic E-state index is -6.63. The van der Waals surface area contributed by atoms with Gasteiger partial charge < -0.3 is 10.2 Å². The number of alkyl halides is 16. The number of rotatable bonds is 10. The number of hydrogen-bond acceptors (Lipinski definition) is 6. The number of hydrogen-bond donors (Lipinski definition) is 4. The summed E-state index contributed by atoms with van der Waals surface area (Å²) in [7, 11) is -11.5. The number of aliphatic hydroxyl groups is 2. The van der Waals surface area contributed by atoms with Gasteiger partial charge in [-0.15, -0.1) is 0 Å². The van der Waals surface area contributed by atoms with Crippen LogP contribution in [0.15, 0.2) is 0 Å². The highest BCUT2D eigenvalue weighted by Crippen LogP contribution is 2.50. The minimum Gasteiger partial charge on any atom is -0.368 e. The van der Waals surface area contributed by atoms with Gasteiger partial charge in [-0.3, -0.25) is 9.11 Å². The van der Waals surface area contributed by atoms with Gasteiger partial charge in [0.15, 0.2) is 0 Å². The maximum absolute atomic E-state index is 12.5. The number of aliphatic hydroxyl groups excluding tert-OH is 1. The van der Waals surface area contributed by atoms with Gasteiger partial charge in [-0.05, 0) is 6.92 Å². The molecule has 0 atom stereocenters. The lowest BCUT2D eigenvalue weighted by Gasteiger charge is -2.31. The van der Waals surface area contributed by atoms with Crippen molar-refractivity contribution in [1.82, 2.24) is 0 Å². The maximum Gasteiger partial charge on any atom is 0.379 e. The Morgan fingerprint density at radius 2 is 0.711 bits per heavy atom. The molecule has 0 aliphatic rings. The highest BCUT2D eigenvalue weighted by molar-refractivity contribution is 7.86. The molecule has 0 bridgehead atoms. The van der Waals surface area contributed by atoms with Crippen molar-refractivity contribution < 1.29 is 106 Å². The quantitative estimate of drug-likeness (QED) is 0.159. The van der Waals surface area contributed by atoms with Crippen LogP contribution in [0.4, 0.5) is 70.2 Å². The lowest BCUT2D eigenvalue weighted by molar-refractivity contribution is -0.332. The summed E-state index contributed by atoms with van der Waals surface area (Å²) >= 11 is 0. The Kier molecular flexibility index (Phi) is 13.9. The van der Waals surface area contributed by atoms with Crippen molar-refractivity contribution in [3.8, 4) is 0 Å². The molecular weight excluding hydrogens is 640 g/mol. The summed E-state index contributed by atoms with van der Waals surface area (Å²) in [4.78, 5) is 0. The normalized spacial score (nSPS) is 14.7. The van der Waals surface area contributed by atoms with Crippen molar-refractivity contribution >= 4 is 20.2 Å². The molecule has 0 aromatic carbocycles. The van der Waals surface area contributed by atoms with E-state index >= 15 is 0 Å². The van der Waals surface area contributed by atoms with E-state index in [-0.39, 0.29) is 0 Å². The molecule has 0 heterocycles. The van der Waals surface area contributed by atoms with Crippen molar-refractivity contribution in [2.75, 3.05) is 11.5 Å². The molecule has 0 amide bonds. The predicted octanol–water partition coefficient (Wildman–Crippen LogP) is 3.41. The number of halogens is 16. The van der Waals surface area contributed by atoms with E-state index in [4.69, 9.17) is 19.3 Å². The van der Waals surface area contributed by atoms with Gasteiger partial charge in [-0.2, -0.15) is 69.5 Å². The molecule has 26 heteroatoms. The Labute approximate surface area is 200 Å². The highest BCUT2D eigenvalue weighted by Gasteiger charge is 2.77. The van der Waals surface area contributed by atoms with E-state index in [1.54, 1.807) is 0 Å². The zero-order chi connectivity index (χ0) is 32.1. The Morgan fingerprint density at radius 3 is 0.816 bits per heavy atom.